The summed E-state index contributed by atoms with van der Waals surface area (Å²) in [5, 5.41) is 0. The van der Waals surface area contributed by atoms with Gasteiger partial charge in [-0.25, -0.2) is 4.98 Å². The van der Waals surface area contributed by atoms with E-state index in [2.05, 4.69) is 19.1 Å². The molecular weight excluding hydrogens is 222 g/mol. The summed E-state index contributed by atoms with van der Waals surface area (Å²) in [6.45, 7) is 2.49. The molecule has 3 rings (SSSR count). The van der Waals surface area contributed by atoms with Gasteiger partial charge in [-0.2, -0.15) is 0 Å². The van der Waals surface area contributed by atoms with Crippen LogP contribution in [0.4, 0.5) is 0 Å². The average molecular weight is 241 g/mol. The first-order chi connectivity index (χ1) is 8.39. The molecule has 96 valence electrons. The van der Waals surface area contributed by atoms with Gasteiger partial charge in [-0.05, 0) is 19.3 Å². The standard InChI is InChI=1S/C5H11NO.C3H5NO.C3H3NO/c6-5-3-1-2-4-7-5;2*1-2-5-3-4-1/h5H,1-4,6H2;3H,1-2H2;1-3H. The third kappa shape index (κ3) is 8.41. The van der Waals surface area contributed by atoms with Crippen molar-refractivity contribution in [2.45, 2.75) is 25.5 Å². The number of hydrogen-bond acceptors (Lipinski definition) is 6. The zero-order chi connectivity index (χ0) is 12.2. The SMILES string of the molecule is C1=NCCO1.NC1CCCCO1.c1cocn1. The summed E-state index contributed by atoms with van der Waals surface area (Å²) in [4.78, 5) is 7.29. The molecule has 1 aromatic heterocycles. The van der Waals surface area contributed by atoms with Gasteiger partial charge < -0.3 is 19.6 Å². The second-order valence-electron chi connectivity index (χ2n) is 3.46. The Morgan fingerprint density at radius 1 is 1.24 bits per heavy atom. The molecule has 1 unspecified atom stereocenters. The monoisotopic (exact) mass is 241 g/mol. The van der Waals surface area contributed by atoms with Crippen LogP contribution in [0.2, 0.25) is 0 Å². The third-order valence-electron chi connectivity index (χ3n) is 2.05. The minimum absolute atomic E-state index is 0.0359. The van der Waals surface area contributed by atoms with E-state index in [0.29, 0.717) is 0 Å². The maximum Gasteiger partial charge on any atom is 0.180 e. The predicted molar refractivity (Wildman–Crippen MR) is 63.6 cm³/mol. The summed E-state index contributed by atoms with van der Waals surface area (Å²) >= 11 is 0. The molecule has 3 heterocycles. The molecule has 1 fully saturated rings. The lowest BCUT2D eigenvalue weighted by Gasteiger charge is -2.17. The summed E-state index contributed by atoms with van der Waals surface area (Å²) in [7, 11) is 0. The number of rotatable bonds is 0. The quantitative estimate of drug-likeness (QED) is 0.737. The van der Waals surface area contributed by atoms with Crippen LogP contribution in [-0.2, 0) is 9.47 Å². The largest absolute Gasteiger partial charge is 0.482 e. The minimum atomic E-state index is 0.0359. The molecule has 2 aliphatic heterocycles. The van der Waals surface area contributed by atoms with Crippen molar-refractivity contribution in [2.75, 3.05) is 19.8 Å². The van der Waals surface area contributed by atoms with Crippen molar-refractivity contribution in [3.63, 3.8) is 0 Å². The Morgan fingerprint density at radius 3 is 2.41 bits per heavy atom. The van der Waals surface area contributed by atoms with Crippen molar-refractivity contribution in [3.05, 3.63) is 18.9 Å². The third-order valence-corrected chi connectivity index (χ3v) is 2.05. The Kier molecular flexibility index (Phi) is 7.88. The number of aliphatic imine (C=N–C) groups is 1. The highest BCUT2D eigenvalue weighted by atomic mass is 16.5. The van der Waals surface area contributed by atoms with Gasteiger partial charge in [0.15, 0.2) is 12.8 Å². The lowest BCUT2D eigenvalue weighted by atomic mass is 10.2. The summed E-state index contributed by atoms with van der Waals surface area (Å²) in [6, 6.07) is 0. The van der Waals surface area contributed by atoms with Gasteiger partial charge in [0, 0.05) is 6.61 Å². The second kappa shape index (κ2) is 9.80. The number of oxazole rings is 1. The Labute approximate surface area is 101 Å². The molecule has 0 aliphatic carbocycles. The van der Waals surface area contributed by atoms with Gasteiger partial charge in [0.25, 0.3) is 0 Å². The van der Waals surface area contributed by atoms with Crippen LogP contribution < -0.4 is 5.73 Å². The van der Waals surface area contributed by atoms with Gasteiger partial charge in [0.1, 0.15) is 19.1 Å². The van der Waals surface area contributed by atoms with Crippen LogP contribution >= 0.6 is 0 Å². The number of nitrogens with zero attached hydrogens (tertiary/aromatic N) is 2. The first-order valence-corrected chi connectivity index (χ1v) is 5.69. The Bertz CT molecular complexity index is 248. The maximum atomic E-state index is 5.41. The van der Waals surface area contributed by atoms with Crippen LogP contribution in [0.25, 0.3) is 0 Å². The summed E-state index contributed by atoms with van der Waals surface area (Å²) < 4.78 is 14.2. The molecule has 0 aromatic carbocycles. The first-order valence-electron chi connectivity index (χ1n) is 5.69. The van der Waals surface area contributed by atoms with Crippen LogP contribution in [0.1, 0.15) is 19.3 Å². The van der Waals surface area contributed by atoms with Crippen LogP contribution in [-0.4, -0.2) is 37.4 Å². The van der Waals surface area contributed by atoms with E-state index in [9.17, 15) is 0 Å². The first kappa shape index (κ1) is 13.7. The lowest BCUT2D eigenvalue weighted by molar-refractivity contribution is 0.0206. The molecule has 2 N–H and O–H groups in total. The molecule has 0 bridgehead atoms. The maximum absolute atomic E-state index is 5.41. The summed E-state index contributed by atoms with van der Waals surface area (Å²) in [6.07, 6.45) is 9.46. The van der Waals surface area contributed by atoms with Gasteiger partial charge in [-0.1, -0.05) is 0 Å². The molecule has 17 heavy (non-hydrogen) atoms. The number of ether oxygens (including phenoxy) is 2. The highest BCUT2D eigenvalue weighted by Crippen LogP contribution is 2.06. The van der Waals surface area contributed by atoms with Crippen molar-refractivity contribution in [2.24, 2.45) is 10.7 Å². The smallest absolute Gasteiger partial charge is 0.180 e. The Balaban J connectivity index is 0.000000130. The summed E-state index contributed by atoms with van der Waals surface area (Å²) in [5.74, 6) is 0. The van der Waals surface area contributed by atoms with Crippen LogP contribution in [0.3, 0.4) is 0 Å². The van der Waals surface area contributed by atoms with E-state index in [-0.39, 0.29) is 6.23 Å². The number of aromatic nitrogens is 1. The normalized spacial score (nSPS) is 21.6. The molecule has 0 amide bonds. The highest BCUT2D eigenvalue weighted by molar-refractivity contribution is 5.47. The Hall–Kier alpha value is -1.40. The number of nitrogens with two attached hydrogens (primary N) is 1. The van der Waals surface area contributed by atoms with Gasteiger partial charge >= 0.3 is 0 Å². The second-order valence-corrected chi connectivity index (χ2v) is 3.46. The molecule has 1 saturated heterocycles. The average Bonchev–Trinajstić information content (AvgIpc) is 3.09. The lowest BCUT2D eigenvalue weighted by Crippen LogP contribution is -2.27. The molecule has 6 heteroatoms. The van der Waals surface area contributed by atoms with Crippen LogP contribution in [0.15, 0.2) is 28.3 Å². The topological polar surface area (TPSA) is 82.9 Å². The molecular formula is C11H19N3O3. The van der Waals surface area contributed by atoms with Gasteiger partial charge in [0.05, 0.1) is 12.7 Å². The Morgan fingerprint density at radius 2 is 2.18 bits per heavy atom. The van der Waals surface area contributed by atoms with E-state index in [1.54, 1.807) is 6.20 Å². The molecule has 0 spiro atoms. The zero-order valence-electron chi connectivity index (χ0n) is 9.83. The molecule has 1 aromatic rings. The van der Waals surface area contributed by atoms with E-state index in [1.807, 2.05) is 0 Å². The van der Waals surface area contributed by atoms with E-state index < -0.39 is 0 Å². The van der Waals surface area contributed by atoms with Gasteiger partial charge in [-0.15, -0.1) is 0 Å². The van der Waals surface area contributed by atoms with Crippen molar-refractivity contribution in [3.8, 4) is 0 Å². The van der Waals surface area contributed by atoms with E-state index >= 15 is 0 Å². The summed E-state index contributed by atoms with van der Waals surface area (Å²) in [5.41, 5.74) is 5.41. The fourth-order valence-electron chi connectivity index (χ4n) is 1.20. The van der Waals surface area contributed by atoms with Gasteiger partial charge in [-0.3, -0.25) is 4.99 Å². The van der Waals surface area contributed by atoms with Gasteiger partial charge in [0.2, 0.25) is 0 Å². The van der Waals surface area contributed by atoms with Crippen molar-refractivity contribution in [1.82, 2.24) is 4.98 Å². The van der Waals surface area contributed by atoms with E-state index in [4.69, 9.17) is 10.5 Å². The van der Waals surface area contributed by atoms with Crippen LogP contribution in [0, 0.1) is 0 Å². The molecule has 1 atom stereocenters. The van der Waals surface area contributed by atoms with Crippen molar-refractivity contribution in [1.29, 1.82) is 0 Å². The predicted octanol–water partition coefficient (Wildman–Crippen LogP) is 1.19. The fourth-order valence-corrected chi connectivity index (χ4v) is 1.20. The number of hydrogen-bond donors (Lipinski definition) is 1. The highest BCUT2D eigenvalue weighted by Gasteiger charge is 2.06. The minimum Gasteiger partial charge on any atom is -0.482 e. The molecule has 0 radical (unpaired) electrons. The zero-order valence-corrected chi connectivity index (χ0v) is 9.83. The van der Waals surface area contributed by atoms with E-state index in [1.165, 1.54) is 31.9 Å². The van der Waals surface area contributed by atoms with Crippen molar-refractivity contribution < 1.29 is 13.9 Å². The van der Waals surface area contributed by atoms with E-state index in [0.717, 1.165) is 26.2 Å². The molecule has 6 nitrogen and oxygen atoms in total. The van der Waals surface area contributed by atoms with Crippen LogP contribution in [0.5, 0.6) is 0 Å². The fraction of sp³-hybridized carbons (Fsp3) is 0.636. The van der Waals surface area contributed by atoms with Crippen molar-refractivity contribution >= 4 is 6.40 Å². The molecule has 2 aliphatic rings. The molecule has 0 saturated carbocycles.